The van der Waals surface area contributed by atoms with Gasteiger partial charge in [0.15, 0.2) is 0 Å². The molecule has 1 aliphatic carbocycles. The van der Waals surface area contributed by atoms with Gasteiger partial charge in [0.1, 0.15) is 0 Å². The summed E-state index contributed by atoms with van der Waals surface area (Å²) in [4.78, 5) is 0. The third kappa shape index (κ3) is 2.50. The minimum atomic E-state index is 1.25. The number of hydrogen-bond acceptors (Lipinski definition) is 0. The van der Waals surface area contributed by atoms with Crippen LogP contribution in [0.25, 0.3) is 66.1 Å². The largest absolute Gasteiger partial charge is 0.0616 e. The molecule has 0 N–H and O–H groups in total. The van der Waals surface area contributed by atoms with Gasteiger partial charge in [-0.15, -0.1) is 0 Å². The minimum Gasteiger partial charge on any atom is -0.0616 e. The quantitative estimate of drug-likeness (QED) is 0.270. The average molecular weight is 405 g/mol. The van der Waals surface area contributed by atoms with E-state index < -0.39 is 0 Å². The Balaban J connectivity index is 1.44. The molecule has 0 fully saturated rings. The average Bonchev–Trinajstić information content (AvgIpc) is 3.19. The summed E-state index contributed by atoms with van der Waals surface area (Å²) in [6, 6.07) is 44.3. The summed E-state index contributed by atoms with van der Waals surface area (Å²) in [5.41, 5.74) is 10.4. The van der Waals surface area contributed by atoms with Crippen LogP contribution < -0.4 is 0 Å². The highest BCUT2D eigenvalue weighted by molar-refractivity contribution is 6.16. The van der Waals surface area contributed by atoms with E-state index >= 15 is 0 Å². The van der Waals surface area contributed by atoms with Gasteiger partial charge >= 0.3 is 0 Å². The Bertz CT molecular complexity index is 1660. The zero-order chi connectivity index (χ0) is 21.1. The molecule has 0 aromatic heterocycles. The van der Waals surface area contributed by atoms with Crippen LogP contribution in [-0.2, 0) is 0 Å². The molecule has 6 aromatic carbocycles. The van der Waals surface area contributed by atoms with E-state index in [0.29, 0.717) is 0 Å². The molecule has 0 heterocycles. The standard InChI is InChI=1S/C32H20/c1-2-13-26-21(8-1)9-6-16-27(26)23-11-5-10-22(18-23)25-19-24-12-7-17-30-28-14-3-4-15-29(28)31(20-25)32(24)30/h1-20H. The molecule has 32 heavy (non-hydrogen) atoms. The smallest absolute Gasteiger partial charge is 0.00259 e. The SMILES string of the molecule is c1cc(-c2cc3c4c(cccc4c2)-c2ccccc2-3)cc(-c2cccc3ccccc23)c1. The Labute approximate surface area is 187 Å². The fourth-order valence-electron chi connectivity index (χ4n) is 5.33. The molecular formula is C32H20. The Morgan fingerprint density at radius 1 is 0.312 bits per heavy atom. The van der Waals surface area contributed by atoms with Crippen LogP contribution in [0.1, 0.15) is 0 Å². The summed E-state index contributed by atoms with van der Waals surface area (Å²) in [5, 5.41) is 5.26. The van der Waals surface area contributed by atoms with Crippen molar-refractivity contribution in [2.45, 2.75) is 0 Å². The van der Waals surface area contributed by atoms with Gasteiger partial charge < -0.3 is 0 Å². The molecule has 6 aromatic rings. The van der Waals surface area contributed by atoms with E-state index in [1.807, 2.05) is 0 Å². The van der Waals surface area contributed by atoms with Gasteiger partial charge in [0, 0.05) is 0 Å². The predicted molar refractivity (Wildman–Crippen MR) is 137 cm³/mol. The Morgan fingerprint density at radius 2 is 0.938 bits per heavy atom. The first-order valence-corrected chi connectivity index (χ1v) is 11.1. The Hall–Kier alpha value is -4.16. The van der Waals surface area contributed by atoms with Crippen LogP contribution >= 0.6 is 0 Å². The van der Waals surface area contributed by atoms with E-state index in [1.54, 1.807) is 0 Å². The summed E-state index contributed by atoms with van der Waals surface area (Å²) in [6.45, 7) is 0. The van der Waals surface area contributed by atoms with E-state index in [9.17, 15) is 0 Å². The van der Waals surface area contributed by atoms with Gasteiger partial charge in [-0.2, -0.15) is 0 Å². The first-order valence-electron chi connectivity index (χ1n) is 11.1. The maximum absolute atomic E-state index is 2.37. The lowest BCUT2D eigenvalue weighted by atomic mass is 9.93. The zero-order valence-electron chi connectivity index (χ0n) is 17.5. The van der Waals surface area contributed by atoms with E-state index in [2.05, 4.69) is 121 Å². The lowest BCUT2D eigenvalue weighted by molar-refractivity contribution is 1.62. The van der Waals surface area contributed by atoms with Crippen LogP contribution in [0.3, 0.4) is 0 Å². The molecule has 0 nitrogen and oxygen atoms in total. The van der Waals surface area contributed by atoms with Crippen LogP contribution in [0.5, 0.6) is 0 Å². The highest BCUT2D eigenvalue weighted by Gasteiger charge is 2.21. The third-order valence-corrected chi connectivity index (χ3v) is 6.78. The van der Waals surface area contributed by atoms with Crippen LogP contribution in [0.2, 0.25) is 0 Å². The summed E-state index contributed by atoms with van der Waals surface area (Å²) in [6.07, 6.45) is 0. The van der Waals surface area contributed by atoms with Crippen molar-refractivity contribution in [3.8, 4) is 44.5 Å². The maximum atomic E-state index is 2.37. The topological polar surface area (TPSA) is 0 Å². The summed E-state index contributed by atoms with van der Waals surface area (Å²) in [7, 11) is 0. The van der Waals surface area contributed by atoms with Crippen molar-refractivity contribution in [1.82, 2.24) is 0 Å². The van der Waals surface area contributed by atoms with E-state index in [0.717, 1.165) is 0 Å². The number of fused-ring (bicyclic) bond motifs is 4. The molecule has 148 valence electrons. The monoisotopic (exact) mass is 404 g/mol. The van der Waals surface area contributed by atoms with Crippen molar-refractivity contribution in [2.24, 2.45) is 0 Å². The van der Waals surface area contributed by atoms with Crippen LogP contribution in [-0.4, -0.2) is 0 Å². The first-order chi connectivity index (χ1) is 15.9. The molecule has 0 atom stereocenters. The fourth-order valence-corrected chi connectivity index (χ4v) is 5.33. The molecule has 0 heteroatoms. The van der Waals surface area contributed by atoms with Crippen molar-refractivity contribution in [1.29, 1.82) is 0 Å². The molecule has 0 saturated carbocycles. The van der Waals surface area contributed by atoms with Crippen molar-refractivity contribution >= 4 is 21.5 Å². The molecule has 0 radical (unpaired) electrons. The minimum absolute atomic E-state index is 1.25. The Kier molecular flexibility index (Phi) is 3.65. The number of benzene rings is 6. The van der Waals surface area contributed by atoms with Crippen molar-refractivity contribution in [2.75, 3.05) is 0 Å². The molecule has 0 spiro atoms. The lowest BCUT2D eigenvalue weighted by Crippen LogP contribution is -1.85. The molecule has 1 aliphatic rings. The second-order valence-electron chi connectivity index (χ2n) is 8.58. The van der Waals surface area contributed by atoms with Gasteiger partial charge in [0.05, 0.1) is 0 Å². The van der Waals surface area contributed by atoms with E-state index in [1.165, 1.54) is 66.1 Å². The van der Waals surface area contributed by atoms with Gasteiger partial charge in [0.25, 0.3) is 0 Å². The van der Waals surface area contributed by atoms with E-state index in [-0.39, 0.29) is 0 Å². The lowest BCUT2D eigenvalue weighted by Gasteiger charge is -2.11. The van der Waals surface area contributed by atoms with Crippen molar-refractivity contribution in [3.63, 3.8) is 0 Å². The molecular weight excluding hydrogens is 384 g/mol. The summed E-state index contributed by atoms with van der Waals surface area (Å²) in [5.74, 6) is 0. The molecule has 0 bridgehead atoms. The Morgan fingerprint density at radius 3 is 1.84 bits per heavy atom. The molecule has 0 amide bonds. The third-order valence-electron chi connectivity index (χ3n) is 6.78. The highest BCUT2D eigenvalue weighted by atomic mass is 14.2. The van der Waals surface area contributed by atoms with Crippen LogP contribution in [0.4, 0.5) is 0 Å². The van der Waals surface area contributed by atoms with Crippen LogP contribution in [0.15, 0.2) is 121 Å². The van der Waals surface area contributed by atoms with Crippen molar-refractivity contribution in [3.05, 3.63) is 121 Å². The second-order valence-corrected chi connectivity index (χ2v) is 8.58. The summed E-state index contributed by atoms with van der Waals surface area (Å²) < 4.78 is 0. The highest BCUT2D eigenvalue weighted by Crippen LogP contribution is 2.48. The molecule has 0 saturated heterocycles. The maximum Gasteiger partial charge on any atom is -0.00259 e. The zero-order valence-corrected chi connectivity index (χ0v) is 17.5. The van der Waals surface area contributed by atoms with Crippen molar-refractivity contribution < 1.29 is 0 Å². The summed E-state index contributed by atoms with van der Waals surface area (Å²) >= 11 is 0. The molecule has 0 aliphatic heterocycles. The first kappa shape index (κ1) is 17.5. The molecule has 0 unspecified atom stereocenters. The van der Waals surface area contributed by atoms with Crippen LogP contribution in [0, 0.1) is 0 Å². The van der Waals surface area contributed by atoms with E-state index in [4.69, 9.17) is 0 Å². The number of rotatable bonds is 2. The normalized spacial score (nSPS) is 11.8. The molecule has 7 rings (SSSR count). The van der Waals surface area contributed by atoms with Gasteiger partial charge in [-0.25, -0.2) is 0 Å². The van der Waals surface area contributed by atoms with Gasteiger partial charge in [0.2, 0.25) is 0 Å². The predicted octanol–water partition coefficient (Wildman–Crippen LogP) is 8.97. The fraction of sp³-hybridized carbons (Fsp3) is 0. The van der Waals surface area contributed by atoms with Gasteiger partial charge in [-0.3, -0.25) is 0 Å². The second kappa shape index (κ2) is 6.67. The van der Waals surface area contributed by atoms with Gasteiger partial charge in [-0.1, -0.05) is 103 Å². The number of hydrogen-bond donors (Lipinski definition) is 0. The van der Waals surface area contributed by atoms with Gasteiger partial charge in [-0.05, 0) is 84.3 Å².